The summed E-state index contributed by atoms with van der Waals surface area (Å²) in [6, 6.07) is 8.09. The Hall–Kier alpha value is -1.85. The number of H-pyrrole nitrogens is 1. The molecule has 1 saturated heterocycles. The van der Waals surface area contributed by atoms with Crippen molar-refractivity contribution in [1.29, 1.82) is 0 Å². The molecule has 24 heavy (non-hydrogen) atoms. The summed E-state index contributed by atoms with van der Waals surface area (Å²) in [5.74, 6) is 0.0470. The van der Waals surface area contributed by atoms with Gasteiger partial charge in [0, 0.05) is 48.4 Å². The van der Waals surface area contributed by atoms with Crippen LogP contribution >= 0.6 is 11.6 Å². The van der Waals surface area contributed by atoms with Gasteiger partial charge >= 0.3 is 0 Å². The highest BCUT2D eigenvalue weighted by atomic mass is 35.5. The first-order valence-corrected chi connectivity index (χ1v) is 8.93. The van der Waals surface area contributed by atoms with Crippen molar-refractivity contribution in [2.45, 2.75) is 38.3 Å². The van der Waals surface area contributed by atoms with Crippen molar-refractivity contribution in [3.05, 3.63) is 51.8 Å². The number of nitrogens with zero attached hydrogens (tertiary/aromatic N) is 2. The standard InChI is InChI=1S/C18H21ClN4O/c19-15-6-2-1-4-12(15)10-13-5-3-9-23(13)18(24)17-14-11-20-8-7-16(14)21-22-17/h1-2,4,6,13,20H,3,5,7-11H2,(H,21,22). The number of hydrogen-bond acceptors (Lipinski definition) is 3. The van der Waals surface area contributed by atoms with Crippen molar-refractivity contribution in [3.63, 3.8) is 0 Å². The van der Waals surface area contributed by atoms with Crippen LogP contribution in [0.15, 0.2) is 24.3 Å². The molecule has 126 valence electrons. The Kier molecular flexibility index (Phi) is 4.29. The molecule has 1 atom stereocenters. The maximum absolute atomic E-state index is 13.0. The number of carbonyl (C=O) groups excluding carboxylic acids is 1. The lowest BCUT2D eigenvalue weighted by Gasteiger charge is -2.25. The summed E-state index contributed by atoms with van der Waals surface area (Å²) in [5.41, 5.74) is 3.83. The highest BCUT2D eigenvalue weighted by Crippen LogP contribution is 2.27. The van der Waals surface area contributed by atoms with Gasteiger partial charge in [0.1, 0.15) is 0 Å². The number of aromatic amines is 1. The number of likely N-dealkylation sites (tertiary alicyclic amines) is 1. The van der Waals surface area contributed by atoms with Crippen molar-refractivity contribution in [2.24, 2.45) is 0 Å². The number of carbonyl (C=O) groups is 1. The van der Waals surface area contributed by atoms with Crippen molar-refractivity contribution in [3.8, 4) is 0 Å². The van der Waals surface area contributed by atoms with Gasteiger partial charge in [-0.05, 0) is 30.9 Å². The van der Waals surface area contributed by atoms with Crippen LogP contribution in [0.2, 0.25) is 5.02 Å². The molecule has 0 aliphatic carbocycles. The van der Waals surface area contributed by atoms with Crippen LogP contribution in [0, 0.1) is 0 Å². The minimum Gasteiger partial charge on any atom is -0.334 e. The molecule has 0 bridgehead atoms. The third kappa shape index (κ3) is 2.82. The average Bonchev–Trinajstić information content (AvgIpc) is 3.23. The third-order valence-electron chi connectivity index (χ3n) is 5.06. The summed E-state index contributed by atoms with van der Waals surface area (Å²) in [7, 11) is 0. The van der Waals surface area contributed by atoms with Gasteiger partial charge in [-0.1, -0.05) is 29.8 Å². The molecule has 2 aliphatic rings. The monoisotopic (exact) mass is 344 g/mol. The molecular weight excluding hydrogens is 324 g/mol. The molecule has 5 nitrogen and oxygen atoms in total. The predicted molar refractivity (Wildman–Crippen MR) is 93.2 cm³/mol. The maximum atomic E-state index is 13.0. The van der Waals surface area contributed by atoms with Gasteiger partial charge in [0.2, 0.25) is 0 Å². The number of aromatic nitrogens is 2. The number of amides is 1. The Morgan fingerprint density at radius 3 is 3.12 bits per heavy atom. The molecule has 1 aromatic carbocycles. The van der Waals surface area contributed by atoms with E-state index in [1.807, 2.05) is 29.2 Å². The largest absolute Gasteiger partial charge is 0.334 e. The first-order valence-electron chi connectivity index (χ1n) is 8.55. The summed E-state index contributed by atoms with van der Waals surface area (Å²) < 4.78 is 0. The van der Waals surface area contributed by atoms with E-state index in [1.165, 1.54) is 0 Å². The van der Waals surface area contributed by atoms with Gasteiger partial charge in [-0.15, -0.1) is 0 Å². The van der Waals surface area contributed by atoms with Crippen LogP contribution in [-0.2, 0) is 19.4 Å². The van der Waals surface area contributed by atoms with Gasteiger partial charge in [0.05, 0.1) is 0 Å². The van der Waals surface area contributed by atoms with Gasteiger partial charge in [0.15, 0.2) is 5.69 Å². The minimum atomic E-state index is 0.0470. The molecule has 2 N–H and O–H groups in total. The summed E-state index contributed by atoms with van der Waals surface area (Å²) in [6.45, 7) is 2.45. The zero-order valence-corrected chi connectivity index (χ0v) is 14.3. The molecule has 1 aromatic heterocycles. The number of benzene rings is 1. The van der Waals surface area contributed by atoms with Crippen molar-refractivity contribution in [1.82, 2.24) is 20.4 Å². The second-order valence-electron chi connectivity index (χ2n) is 6.55. The summed E-state index contributed by atoms with van der Waals surface area (Å²) in [5, 5.41) is 11.5. The van der Waals surface area contributed by atoms with E-state index in [0.29, 0.717) is 5.69 Å². The fourth-order valence-corrected chi connectivity index (χ4v) is 3.98. The Labute approximate surface area is 146 Å². The summed E-state index contributed by atoms with van der Waals surface area (Å²) >= 11 is 6.30. The second kappa shape index (κ2) is 6.57. The van der Waals surface area contributed by atoms with Crippen LogP contribution in [-0.4, -0.2) is 40.1 Å². The zero-order valence-electron chi connectivity index (χ0n) is 13.5. The van der Waals surface area contributed by atoms with E-state index in [4.69, 9.17) is 11.6 Å². The molecule has 2 aromatic rings. The average molecular weight is 345 g/mol. The summed E-state index contributed by atoms with van der Waals surface area (Å²) in [6.07, 6.45) is 3.75. The van der Waals surface area contributed by atoms with Crippen molar-refractivity contribution >= 4 is 17.5 Å². The minimum absolute atomic E-state index is 0.0470. The number of fused-ring (bicyclic) bond motifs is 1. The van der Waals surface area contributed by atoms with Crippen LogP contribution in [0.1, 0.15) is 40.2 Å². The van der Waals surface area contributed by atoms with Gasteiger partial charge < -0.3 is 10.2 Å². The van der Waals surface area contributed by atoms with Crippen LogP contribution in [0.25, 0.3) is 0 Å². The lowest BCUT2D eigenvalue weighted by atomic mass is 10.0. The predicted octanol–water partition coefficient (Wildman–Crippen LogP) is 2.56. The van der Waals surface area contributed by atoms with E-state index in [0.717, 1.165) is 67.2 Å². The fraction of sp³-hybridized carbons (Fsp3) is 0.444. The van der Waals surface area contributed by atoms with Crippen molar-refractivity contribution < 1.29 is 4.79 Å². The second-order valence-corrected chi connectivity index (χ2v) is 6.95. The van der Waals surface area contributed by atoms with E-state index >= 15 is 0 Å². The quantitative estimate of drug-likeness (QED) is 0.899. The lowest BCUT2D eigenvalue weighted by Crippen LogP contribution is -2.38. The van der Waals surface area contributed by atoms with Crippen LogP contribution in [0.4, 0.5) is 0 Å². The molecule has 1 fully saturated rings. The highest BCUT2D eigenvalue weighted by Gasteiger charge is 2.33. The Morgan fingerprint density at radius 1 is 1.38 bits per heavy atom. The Morgan fingerprint density at radius 2 is 2.25 bits per heavy atom. The number of rotatable bonds is 3. The van der Waals surface area contributed by atoms with Crippen LogP contribution < -0.4 is 5.32 Å². The lowest BCUT2D eigenvalue weighted by molar-refractivity contribution is 0.0729. The number of hydrogen-bond donors (Lipinski definition) is 2. The first-order chi connectivity index (χ1) is 11.7. The fourth-order valence-electron chi connectivity index (χ4n) is 3.77. The van der Waals surface area contributed by atoms with Crippen LogP contribution in [0.5, 0.6) is 0 Å². The van der Waals surface area contributed by atoms with E-state index in [-0.39, 0.29) is 11.9 Å². The molecule has 0 radical (unpaired) electrons. The molecule has 1 unspecified atom stereocenters. The Balaban J connectivity index is 1.55. The zero-order chi connectivity index (χ0) is 16.5. The van der Waals surface area contributed by atoms with Gasteiger partial charge in [-0.25, -0.2) is 0 Å². The molecule has 1 amide bonds. The number of nitrogens with one attached hydrogen (secondary N) is 2. The normalized spacial score (nSPS) is 20.2. The maximum Gasteiger partial charge on any atom is 0.274 e. The smallest absolute Gasteiger partial charge is 0.274 e. The summed E-state index contributed by atoms with van der Waals surface area (Å²) in [4.78, 5) is 15.0. The Bertz CT molecular complexity index is 757. The number of halogens is 1. The third-order valence-corrected chi connectivity index (χ3v) is 5.43. The van der Waals surface area contributed by atoms with E-state index in [2.05, 4.69) is 15.5 Å². The molecule has 3 heterocycles. The molecule has 2 aliphatic heterocycles. The van der Waals surface area contributed by atoms with Gasteiger partial charge in [-0.2, -0.15) is 5.10 Å². The first kappa shape index (κ1) is 15.7. The van der Waals surface area contributed by atoms with E-state index < -0.39 is 0 Å². The van der Waals surface area contributed by atoms with E-state index in [1.54, 1.807) is 0 Å². The molecule has 4 rings (SSSR count). The van der Waals surface area contributed by atoms with Crippen LogP contribution in [0.3, 0.4) is 0 Å². The SMILES string of the molecule is O=C(c1n[nH]c2c1CNCC2)N1CCCC1Cc1ccccc1Cl. The van der Waals surface area contributed by atoms with Gasteiger partial charge in [0.25, 0.3) is 5.91 Å². The molecule has 6 heteroatoms. The molecule has 0 saturated carbocycles. The molecule has 0 spiro atoms. The topological polar surface area (TPSA) is 61.0 Å². The molecular formula is C18H21ClN4O. The van der Waals surface area contributed by atoms with Crippen molar-refractivity contribution in [2.75, 3.05) is 13.1 Å². The van der Waals surface area contributed by atoms with E-state index in [9.17, 15) is 4.79 Å². The van der Waals surface area contributed by atoms with Gasteiger partial charge in [-0.3, -0.25) is 9.89 Å². The highest BCUT2D eigenvalue weighted by molar-refractivity contribution is 6.31.